The molecule has 0 fully saturated rings. The van der Waals surface area contributed by atoms with Gasteiger partial charge >= 0.3 is 0 Å². The van der Waals surface area contributed by atoms with Crippen LogP contribution in [0, 0.1) is 12.5 Å². The van der Waals surface area contributed by atoms with E-state index in [-0.39, 0.29) is 6.04 Å². The molecule has 0 bridgehead atoms. The van der Waals surface area contributed by atoms with Gasteiger partial charge in [0.1, 0.15) is 0 Å². The predicted octanol–water partition coefficient (Wildman–Crippen LogP) is 2.31. The first-order valence-electron chi connectivity index (χ1n) is 5.01. The molecule has 1 aromatic rings. The predicted molar refractivity (Wildman–Crippen MR) is 59.2 cm³/mol. The molecule has 0 heterocycles. The summed E-state index contributed by atoms with van der Waals surface area (Å²) in [7, 11) is 0. The first kappa shape index (κ1) is 9.98. The lowest BCUT2D eigenvalue weighted by Gasteiger charge is -2.08. The Labute approximate surface area is 88.7 Å². The summed E-state index contributed by atoms with van der Waals surface area (Å²) in [5.41, 5.74) is 17.4. The SMILES string of the molecule is Cc1c(/C=N/N=N)ccc2c1CC[C@@H]2N. The van der Waals surface area contributed by atoms with Gasteiger partial charge in [-0.2, -0.15) is 5.53 Å². The molecule has 0 radical (unpaired) electrons. The molecule has 1 aliphatic rings. The van der Waals surface area contributed by atoms with Crippen molar-refractivity contribution in [1.29, 1.82) is 5.53 Å². The van der Waals surface area contributed by atoms with Gasteiger partial charge in [0.05, 0.1) is 6.21 Å². The molecular formula is C11H14N4. The minimum Gasteiger partial charge on any atom is -0.324 e. The number of nitrogens with zero attached hydrogens (tertiary/aromatic N) is 2. The average Bonchev–Trinajstić information content (AvgIpc) is 2.61. The average molecular weight is 202 g/mol. The first-order valence-corrected chi connectivity index (χ1v) is 5.01. The van der Waals surface area contributed by atoms with Gasteiger partial charge in [0.2, 0.25) is 0 Å². The Morgan fingerprint density at radius 2 is 2.33 bits per heavy atom. The van der Waals surface area contributed by atoms with Crippen LogP contribution in [0.25, 0.3) is 0 Å². The van der Waals surface area contributed by atoms with Gasteiger partial charge in [-0.15, -0.1) is 5.10 Å². The first-order chi connectivity index (χ1) is 7.24. The quantitative estimate of drug-likeness (QED) is 0.431. The van der Waals surface area contributed by atoms with Crippen LogP contribution >= 0.6 is 0 Å². The number of nitrogens with one attached hydrogen (secondary N) is 1. The highest BCUT2D eigenvalue weighted by Crippen LogP contribution is 2.32. The van der Waals surface area contributed by atoms with Crippen molar-refractivity contribution in [3.05, 3.63) is 34.4 Å². The highest BCUT2D eigenvalue weighted by Gasteiger charge is 2.21. The number of hydrogen-bond acceptors (Lipinski definition) is 3. The molecule has 1 aliphatic carbocycles. The topological polar surface area (TPSA) is 74.6 Å². The van der Waals surface area contributed by atoms with Gasteiger partial charge in [-0.05, 0) is 42.0 Å². The molecule has 0 aromatic heterocycles. The molecule has 0 unspecified atom stereocenters. The molecule has 15 heavy (non-hydrogen) atoms. The Balaban J connectivity index is 2.46. The van der Waals surface area contributed by atoms with Crippen LogP contribution in [0.2, 0.25) is 0 Å². The van der Waals surface area contributed by atoms with E-state index < -0.39 is 0 Å². The zero-order chi connectivity index (χ0) is 10.8. The van der Waals surface area contributed by atoms with Gasteiger partial charge in [-0.1, -0.05) is 17.4 Å². The minimum atomic E-state index is 0.186. The number of benzene rings is 1. The number of nitrogens with two attached hydrogens (primary N) is 1. The monoisotopic (exact) mass is 202 g/mol. The number of fused-ring (bicyclic) bond motifs is 1. The third kappa shape index (κ3) is 1.68. The van der Waals surface area contributed by atoms with Crippen molar-refractivity contribution in [2.75, 3.05) is 0 Å². The molecule has 0 spiro atoms. The second-order valence-electron chi connectivity index (χ2n) is 3.84. The summed E-state index contributed by atoms with van der Waals surface area (Å²) in [6.07, 6.45) is 3.69. The summed E-state index contributed by atoms with van der Waals surface area (Å²) in [6.45, 7) is 2.07. The molecular weight excluding hydrogens is 188 g/mol. The maximum atomic E-state index is 6.61. The van der Waals surface area contributed by atoms with Gasteiger partial charge in [0.15, 0.2) is 0 Å². The maximum Gasteiger partial charge on any atom is 0.0588 e. The van der Waals surface area contributed by atoms with Crippen molar-refractivity contribution >= 4 is 6.21 Å². The standard InChI is InChI=1S/C11H14N4/c1-7-8(6-14-15-13)2-3-10-9(7)4-5-11(10)12/h2-3,6,11,13H,4-5,12H2,1H3/b14-6+,15-13?/t11-/m0/s1. The Bertz CT molecular complexity index is 423. The Hall–Kier alpha value is -1.55. The summed E-state index contributed by atoms with van der Waals surface area (Å²) >= 11 is 0. The summed E-state index contributed by atoms with van der Waals surface area (Å²) in [5.74, 6) is 0. The summed E-state index contributed by atoms with van der Waals surface area (Å²) in [5, 5.41) is 6.56. The Kier molecular flexibility index (Phi) is 2.60. The smallest absolute Gasteiger partial charge is 0.0588 e. The molecule has 4 nitrogen and oxygen atoms in total. The van der Waals surface area contributed by atoms with Crippen LogP contribution in [0.1, 0.15) is 34.7 Å². The van der Waals surface area contributed by atoms with Crippen LogP contribution in [-0.2, 0) is 6.42 Å². The molecule has 3 N–H and O–H groups in total. The maximum absolute atomic E-state index is 6.61. The van der Waals surface area contributed by atoms with E-state index >= 15 is 0 Å². The van der Waals surface area contributed by atoms with Gasteiger partial charge in [0.25, 0.3) is 0 Å². The third-order valence-corrected chi connectivity index (χ3v) is 3.04. The van der Waals surface area contributed by atoms with Gasteiger partial charge < -0.3 is 5.73 Å². The molecule has 0 saturated heterocycles. The van der Waals surface area contributed by atoms with E-state index in [9.17, 15) is 0 Å². The molecule has 0 aliphatic heterocycles. The van der Waals surface area contributed by atoms with Gasteiger partial charge in [0, 0.05) is 6.04 Å². The minimum absolute atomic E-state index is 0.186. The fraction of sp³-hybridized carbons (Fsp3) is 0.364. The van der Waals surface area contributed by atoms with Crippen molar-refractivity contribution < 1.29 is 0 Å². The summed E-state index contributed by atoms with van der Waals surface area (Å²) in [4.78, 5) is 0. The number of rotatable bonds is 2. The van der Waals surface area contributed by atoms with E-state index in [1.807, 2.05) is 6.07 Å². The Morgan fingerprint density at radius 3 is 3.07 bits per heavy atom. The van der Waals surface area contributed by atoms with Crippen LogP contribution in [0.15, 0.2) is 22.5 Å². The molecule has 4 heteroatoms. The fourth-order valence-corrected chi connectivity index (χ4v) is 2.16. The summed E-state index contributed by atoms with van der Waals surface area (Å²) in [6, 6.07) is 4.24. The van der Waals surface area contributed by atoms with E-state index in [0.717, 1.165) is 18.4 Å². The van der Waals surface area contributed by atoms with E-state index in [1.165, 1.54) is 16.7 Å². The van der Waals surface area contributed by atoms with Crippen LogP contribution < -0.4 is 5.73 Å². The Morgan fingerprint density at radius 1 is 1.53 bits per heavy atom. The third-order valence-electron chi connectivity index (χ3n) is 3.04. The lowest BCUT2D eigenvalue weighted by Crippen LogP contribution is -2.05. The summed E-state index contributed by atoms with van der Waals surface area (Å²) < 4.78 is 0. The van der Waals surface area contributed by atoms with E-state index in [1.54, 1.807) is 6.21 Å². The largest absolute Gasteiger partial charge is 0.324 e. The van der Waals surface area contributed by atoms with Crippen LogP contribution in [-0.4, -0.2) is 6.21 Å². The van der Waals surface area contributed by atoms with Crippen LogP contribution in [0.5, 0.6) is 0 Å². The second kappa shape index (κ2) is 3.90. The van der Waals surface area contributed by atoms with Crippen molar-refractivity contribution in [2.24, 2.45) is 16.1 Å². The highest BCUT2D eigenvalue weighted by atomic mass is 15.3. The van der Waals surface area contributed by atoms with Crippen LogP contribution in [0.4, 0.5) is 0 Å². The zero-order valence-electron chi connectivity index (χ0n) is 8.70. The van der Waals surface area contributed by atoms with Crippen molar-refractivity contribution in [3.63, 3.8) is 0 Å². The molecule has 1 aromatic carbocycles. The lowest BCUT2D eigenvalue weighted by atomic mass is 9.99. The molecule has 1 atom stereocenters. The van der Waals surface area contributed by atoms with Gasteiger partial charge in [-0.3, -0.25) is 0 Å². The molecule has 78 valence electrons. The van der Waals surface area contributed by atoms with E-state index in [4.69, 9.17) is 11.3 Å². The fourth-order valence-electron chi connectivity index (χ4n) is 2.16. The normalized spacial score (nSPS) is 19.5. The molecule has 0 amide bonds. The van der Waals surface area contributed by atoms with Crippen molar-refractivity contribution in [1.82, 2.24) is 0 Å². The van der Waals surface area contributed by atoms with Gasteiger partial charge in [-0.25, -0.2) is 0 Å². The highest BCUT2D eigenvalue weighted by molar-refractivity contribution is 5.82. The lowest BCUT2D eigenvalue weighted by molar-refractivity contribution is 0.713. The molecule has 2 rings (SSSR count). The van der Waals surface area contributed by atoms with Crippen LogP contribution in [0.3, 0.4) is 0 Å². The van der Waals surface area contributed by atoms with E-state index in [0.29, 0.717) is 0 Å². The molecule has 0 saturated carbocycles. The second-order valence-corrected chi connectivity index (χ2v) is 3.84. The van der Waals surface area contributed by atoms with Crippen molar-refractivity contribution in [3.8, 4) is 0 Å². The van der Waals surface area contributed by atoms with Crippen molar-refractivity contribution in [2.45, 2.75) is 25.8 Å². The number of hydrogen-bond donors (Lipinski definition) is 2. The van der Waals surface area contributed by atoms with E-state index in [2.05, 4.69) is 23.3 Å². The zero-order valence-corrected chi connectivity index (χ0v) is 8.70.